The van der Waals surface area contributed by atoms with Crippen LogP contribution in [0.3, 0.4) is 0 Å². The molecule has 1 saturated heterocycles. The van der Waals surface area contributed by atoms with Crippen molar-refractivity contribution < 1.29 is 14.3 Å². The molecule has 146 valence electrons. The fourth-order valence-electron chi connectivity index (χ4n) is 2.69. The number of nitrogens with zero attached hydrogens (tertiary/aromatic N) is 2. The van der Waals surface area contributed by atoms with E-state index < -0.39 is 0 Å². The van der Waals surface area contributed by atoms with E-state index in [4.69, 9.17) is 9.47 Å². The number of halogens is 1. The Hall–Kier alpha value is -2.09. The van der Waals surface area contributed by atoms with Gasteiger partial charge in [0.2, 0.25) is 0 Å². The Labute approximate surface area is 177 Å². The fraction of sp³-hybridized carbons (Fsp3) is 0.238. The minimum absolute atomic E-state index is 0.0391. The largest absolute Gasteiger partial charge is 0.496 e. The molecule has 5 nitrogen and oxygen atoms in total. The lowest BCUT2D eigenvalue weighted by Crippen LogP contribution is -2.30. The second kappa shape index (κ2) is 9.91. The predicted molar refractivity (Wildman–Crippen MR) is 118 cm³/mol. The third-order valence-corrected chi connectivity index (χ3v) is 5.70. The zero-order valence-electron chi connectivity index (χ0n) is 15.7. The molecule has 1 heterocycles. The summed E-state index contributed by atoms with van der Waals surface area (Å²) in [5, 5.41) is 0.686. The normalized spacial score (nSPS) is 17.0. The van der Waals surface area contributed by atoms with Crippen molar-refractivity contribution in [1.29, 1.82) is 0 Å². The molecule has 1 aliphatic rings. The Morgan fingerprint density at radius 3 is 2.64 bits per heavy atom. The molecule has 0 bridgehead atoms. The number of amidine groups is 1. The van der Waals surface area contributed by atoms with Gasteiger partial charge in [0, 0.05) is 20.3 Å². The molecule has 2 aromatic carbocycles. The smallest absolute Gasteiger partial charge is 0.266 e. The van der Waals surface area contributed by atoms with E-state index in [0.29, 0.717) is 23.2 Å². The van der Waals surface area contributed by atoms with Gasteiger partial charge in [-0.15, -0.1) is 0 Å². The first-order valence-corrected chi connectivity index (χ1v) is 10.4. The molecule has 0 N–H and O–H groups in total. The maximum absolute atomic E-state index is 13.0. The highest BCUT2D eigenvalue weighted by Gasteiger charge is 2.33. The molecule has 2 aromatic rings. The highest BCUT2D eigenvalue weighted by atomic mass is 79.9. The minimum Gasteiger partial charge on any atom is -0.496 e. The van der Waals surface area contributed by atoms with Crippen LogP contribution in [0.5, 0.6) is 5.75 Å². The van der Waals surface area contributed by atoms with Crippen LogP contribution < -0.4 is 4.74 Å². The van der Waals surface area contributed by atoms with Gasteiger partial charge in [-0.25, -0.2) is 4.99 Å². The van der Waals surface area contributed by atoms with E-state index in [1.165, 1.54) is 11.8 Å². The minimum atomic E-state index is -0.0391. The van der Waals surface area contributed by atoms with Crippen molar-refractivity contribution >= 4 is 50.5 Å². The van der Waals surface area contributed by atoms with E-state index in [9.17, 15) is 4.79 Å². The number of rotatable bonds is 7. The third-order valence-electron chi connectivity index (χ3n) is 4.07. The Bertz CT molecular complexity index is 900. The molecule has 0 aliphatic carbocycles. The maximum atomic E-state index is 13.0. The summed E-state index contributed by atoms with van der Waals surface area (Å²) in [6.07, 6.45) is 2.63. The average Bonchev–Trinajstić information content (AvgIpc) is 2.98. The monoisotopic (exact) mass is 460 g/mol. The predicted octanol–water partition coefficient (Wildman–Crippen LogP) is 5.10. The lowest BCUT2D eigenvalue weighted by Gasteiger charge is -2.15. The average molecular weight is 461 g/mol. The van der Waals surface area contributed by atoms with Crippen molar-refractivity contribution in [3.63, 3.8) is 0 Å². The van der Waals surface area contributed by atoms with Gasteiger partial charge in [-0.05, 0) is 70.0 Å². The molecule has 1 aliphatic heterocycles. The van der Waals surface area contributed by atoms with Crippen molar-refractivity contribution in [2.45, 2.75) is 6.42 Å². The van der Waals surface area contributed by atoms with Gasteiger partial charge in [0.25, 0.3) is 5.91 Å². The summed E-state index contributed by atoms with van der Waals surface area (Å²) >= 11 is 4.88. The first-order chi connectivity index (χ1) is 13.6. The van der Waals surface area contributed by atoms with Gasteiger partial charge in [-0.2, -0.15) is 0 Å². The molecular formula is C21H21BrN2O3S. The Balaban J connectivity index is 1.89. The van der Waals surface area contributed by atoms with Crippen LogP contribution in [-0.2, 0) is 9.53 Å². The second-order valence-electron chi connectivity index (χ2n) is 6.04. The van der Waals surface area contributed by atoms with Crippen LogP contribution in [0.2, 0.25) is 0 Å². The van der Waals surface area contributed by atoms with Crippen molar-refractivity contribution in [3.8, 4) is 5.75 Å². The molecule has 0 radical (unpaired) electrons. The van der Waals surface area contributed by atoms with E-state index in [2.05, 4.69) is 20.9 Å². The van der Waals surface area contributed by atoms with Crippen LogP contribution in [0.1, 0.15) is 12.0 Å². The van der Waals surface area contributed by atoms with Crippen LogP contribution in [-0.4, -0.2) is 43.3 Å². The van der Waals surface area contributed by atoms with Crippen molar-refractivity contribution in [2.75, 3.05) is 27.4 Å². The first-order valence-electron chi connectivity index (χ1n) is 8.80. The summed E-state index contributed by atoms with van der Waals surface area (Å²) in [5.41, 5.74) is 1.74. The number of methoxy groups -OCH3 is 2. The van der Waals surface area contributed by atoms with Crippen LogP contribution in [0.25, 0.3) is 6.08 Å². The van der Waals surface area contributed by atoms with Crippen LogP contribution in [0, 0.1) is 0 Å². The topological polar surface area (TPSA) is 51.1 Å². The van der Waals surface area contributed by atoms with Gasteiger partial charge in [0.15, 0.2) is 5.17 Å². The molecule has 3 rings (SSSR count). The number of aliphatic imine (C=N–C) groups is 1. The van der Waals surface area contributed by atoms with Crippen LogP contribution >= 0.6 is 27.7 Å². The summed E-state index contributed by atoms with van der Waals surface area (Å²) in [4.78, 5) is 20.0. The fourth-order valence-corrected chi connectivity index (χ4v) is 4.28. The summed E-state index contributed by atoms with van der Waals surface area (Å²) in [6.45, 7) is 1.16. The highest BCUT2D eigenvalue weighted by Crippen LogP contribution is 2.35. The van der Waals surface area contributed by atoms with Gasteiger partial charge >= 0.3 is 0 Å². The molecule has 0 saturated carbocycles. The standard InChI is InChI=1S/C21H21BrN2O3S/c1-26-12-6-11-24-20(25)19(14-15-9-10-18(27-2)17(22)13-15)28-21(24)23-16-7-4-3-5-8-16/h3-5,7-10,13-14H,6,11-12H2,1-2H3/b19-14-,23-21?. The van der Waals surface area contributed by atoms with Crippen molar-refractivity contribution in [2.24, 2.45) is 4.99 Å². The van der Waals surface area contributed by atoms with E-state index in [1.807, 2.05) is 54.6 Å². The Morgan fingerprint density at radius 1 is 1.18 bits per heavy atom. The number of benzene rings is 2. The number of ether oxygens (including phenoxy) is 2. The molecule has 0 spiro atoms. The van der Waals surface area contributed by atoms with Gasteiger partial charge < -0.3 is 9.47 Å². The molecule has 28 heavy (non-hydrogen) atoms. The maximum Gasteiger partial charge on any atom is 0.266 e. The summed E-state index contributed by atoms with van der Waals surface area (Å²) < 4.78 is 11.2. The van der Waals surface area contributed by atoms with E-state index in [-0.39, 0.29) is 5.91 Å². The molecule has 0 unspecified atom stereocenters. The molecule has 0 aromatic heterocycles. The lowest BCUT2D eigenvalue weighted by molar-refractivity contribution is -0.122. The number of thioether (sulfide) groups is 1. The Morgan fingerprint density at radius 2 is 1.96 bits per heavy atom. The molecule has 0 atom stereocenters. The van der Waals surface area contributed by atoms with E-state index in [1.54, 1.807) is 19.1 Å². The number of carbonyl (C=O) groups is 1. The number of carbonyl (C=O) groups excluding carboxylic acids is 1. The van der Waals surface area contributed by atoms with E-state index >= 15 is 0 Å². The second-order valence-corrected chi connectivity index (χ2v) is 7.90. The quantitative estimate of drug-likeness (QED) is 0.426. The number of hydrogen-bond acceptors (Lipinski definition) is 5. The molecule has 1 fully saturated rings. The summed E-state index contributed by atoms with van der Waals surface area (Å²) in [5.74, 6) is 0.711. The number of hydrogen-bond donors (Lipinski definition) is 0. The number of para-hydroxylation sites is 1. The van der Waals surface area contributed by atoms with E-state index in [0.717, 1.165) is 27.9 Å². The SMILES string of the molecule is COCCCN1C(=O)/C(=C/c2ccc(OC)c(Br)c2)SC1=Nc1ccccc1. The van der Waals surface area contributed by atoms with Gasteiger partial charge in [0.05, 0.1) is 22.2 Å². The first kappa shape index (κ1) is 20.6. The summed E-state index contributed by atoms with van der Waals surface area (Å²) in [7, 11) is 3.28. The van der Waals surface area contributed by atoms with Crippen molar-refractivity contribution in [3.05, 3.63) is 63.5 Å². The highest BCUT2D eigenvalue weighted by molar-refractivity contribution is 9.10. The van der Waals surface area contributed by atoms with Crippen molar-refractivity contribution in [1.82, 2.24) is 4.90 Å². The molecular weight excluding hydrogens is 440 g/mol. The Kier molecular flexibility index (Phi) is 7.30. The van der Waals surface area contributed by atoms with Crippen LogP contribution in [0.4, 0.5) is 5.69 Å². The van der Waals surface area contributed by atoms with Gasteiger partial charge in [-0.1, -0.05) is 24.3 Å². The zero-order chi connectivity index (χ0) is 19.9. The zero-order valence-corrected chi connectivity index (χ0v) is 18.1. The number of amides is 1. The van der Waals surface area contributed by atoms with Gasteiger partial charge in [0.1, 0.15) is 5.75 Å². The lowest BCUT2D eigenvalue weighted by atomic mass is 10.2. The van der Waals surface area contributed by atoms with Crippen LogP contribution in [0.15, 0.2) is 62.9 Å². The van der Waals surface area contributed by atoms with Gasteiger partial charge in [-0.3, -0.25) is 9.69 Å². The molecule has 1 amide bonds. The third kappa shape index (κ3) is 5.04. The summed E-state index contributed by atoms with van der Waals surface area (Å²) in [6, 6.07) is 15.4. The molecule has 7 heteroatoms.